The van der Waals surface area contributed by atoms with Crippen molar-refractivity contribution in [2.75, 3.05) is 12.8 Å². The molecule has 0 aliphatic rings. The SMILES string of the molecule is CNC(C)CC(C)(C)Cc1cccnc1N. The first-order chi connectivity index (χ1) is 7.44. The number of hydrogen-bond acceptors (Lipinski definition) is 3. The molecule has 0 fully saturated rings. The van der Waals surface area contributed by atoms with Crippen LogP contribution in [0.1, 0.15) is 32.8 Å². The molecule has 0 aliphatic heterocycles. The lowest BCUT2D eigenvalue weighted by atomic mass is 9.80. The Labute approximate surface area is 98.5 Å². The zero-order chi connectivity index (χ0) is 12.2. The van der Waals surface area contributed by atoms with Gasteiger partial charge in [-0.3, -0.25) is 0 Å². The molecule has 0 aliphatic carbocycles. The van der Waals surface area contributed by atoms with Crippen molar-refractivity contribution in [3.8, 4) is 0 Å². The van der Waals surface area contributed by atoms with Gasteiger partial charge in [-0.25, -0.2) is 4.98 Å². The Morgan fingerprint density at radius 3 is 2.75 bits per heavy atom. The van der Waals surface area contributed by atoms with Crippen molar-refractivity contribution in [3.63, 3.8) is 0 Å². The maximum Gasteiger partial charge on any atom is 0.126 e. The van der Waals surface area contributed by atoms with Gasteiger partial charge in [0.2, 0.25) is 0 Å². The van der Waals surface area contributed by atoms with Gasteiger partial charge in [-0.05, 0) is 43.9 Å². The fourth-order valence-corrected chi connectivity index (χ4v) is 2.12. The molecule has 0 spiro atoms. The standard InChI is InChI=1S/C13H23N3/c1-10(15-4)8-13(2,3)9-11-6-5-7-16-12(11)14/h5-7,10,15H,8-9H2,1-4H3,(H2,14,16). The number of pyridine rings is 1. The van der Waals surface area contributed by atoms with E-state index in [1.165, 1.54) is 0 Å². The van der Waals surface area contributed by atoms with Gasteiger partial charge in [-0.1, -0.05) is 19.9 Å². The second-order valence-electron chi connectivity index (χ2n) is 5.28. The number of nitrogen functional groups attached to an aromatic ring is 1. The Kier molecular flexibility index (Phi) is 4.30. The number of anilines is 1. The summed E-state index contributed by atoms with van der Waals surface area (Å²) in [5, 5.41) is 3.27. The predicted octanol–water partition coefficient (Wildman–Crippen LogP) is 2.23. The Bertz CT molecular complexity index is 334. The molecule has 0 bridgehead atoms. The summed E-state index contributed by atoms with van der Waals surface area (Å²) < 4.78 is 0. The zero-order valence-corrected chi connectivity index (χ0v) is 10.7. The van der Waals surface area contributed by atoms with Gasteiger partial charge in [0.25, 0.3) is 0 Å². The van der Waals surface area contributed by atoms with E-state index in [2.05, 4.69) is 37.1 Å². The highest BCUT2D eigenvalue weighted by atomic mass is 14.9. The average Bonchev–Trinajstić information content (AvgIpc) is 2.20. The van der Waals surface area contributed by atoms with Gasteiger partial charge in [0.05, 0.1) is 0 Å². The molecule has 1 atom stereocenters. The summed E-state index contributed by atoms with van der Waals surface area (Å²) in [6.45, 7) is 6.74. The minimum atomic E-state index is 0.236. The van der Waals surface area contributed by atoms with E-state index in [-0.39, 0.29) is 5.41 Å². The molecule has 1 aromatic heterocycles. The van der Waals surface area contributed by atoms with E-state index in [4.69, 9.17) is 5.73 Å². The highest BCUT2D eigenvalue weighted by molar-refractivity contribution is 5.38. The van der Waals surface area contributed by atoms with Crippen molar-refractivity contribution < 1.29 is 0 Å². The van der Waals surface area contributed by atoms with E-state index in [9.17, 15) is 0 Å². The van der Waals surface area contributed by atoms with E-state index >= 15 is 0 Å². The Morgan fingerprint density at radius 2 is 2.19 bits per heavy atom. The van der Waals surface area contributed by atoms with E-state index in [0.29, 0.717) is 11.9 Å². The Morgan fingerprint density at radius 1 is 1.50 bits per heavy atom. The maximum atomic E-state index is 5.86. The lowest BCUT2D eigenvalue weighted by Gasteiger charge is -2.28. The molecule has 3 N–H and O–H groups in total. The smallest absolute Gasteiger partial charge is 0.126 e. The summed E-state index contributed by atoms with van der Waals surface area (Å²) in [5.74, 6) is 0.660. The molecular formula is C13H23N3. The number of nitrogens with one attached hydrogen (secondary N) is 1. The molecule has 1 rings (SSSR count). The molecule has 1 aromatic rings. The van der Waals surface area contributed by atoms with Crippen molar-refractivity contribution >= 4 is 5.82 Å². The fourth-order valence-electron chi connectivity index (χ4n) is 2.12. The quantitative estimate of drug-likeness (QED) is 0.801. The second-order valence-corrected chi connectivity index (χ2v) is 5.28. The summed E-state index contributed by atoms with van der Waals surface area (Å²) in [4.78, 5) is 4.12. The van der Waals surface area contributed by atoms with Crippen LogP contribution in [0.15, 0.2) is 18.3 Å². The van der Waals surface area contributed by atoms with Gasteiger partial charge in [0.15, 0.2) is 0 Å². The van der Waals surface area contributed by atoms with Crippen molar-refractivity contribution in [1.82, 2.24) is 10.3 Å². The average molecular weight is 221 g/mol. The van der Waals surface area contributed by atoms with E-state index in [1.807, 2.05) is 13.1 Å². The molecule has 16 heavy (non-hydrogen) atoms. The predicted molar refractivity (Wildman–Crippen MR) is 69.3 cm³/mol. The molecule has 0 aromatic carbocycles. The molecule has 0 saturated carbocycles. The Hall–Kier alpha value is -1.09. The van der Waals surface area contributed by atoms with Gasteiger partial charge in [0.1, 0.15) is 5.82 Å². The van der Waals surface area contributed by atoms with Gasteiger partial charge >= 0.3 is 0 Å². The molecule has 0 saturated heterocycles. The van der Waals surface area contributed by atoms with Crippen LogP contribution in [0.25, 0.3) is 0 Å². The van der Waals surface area contributed by atoms with Gasteiger partial charge in [-0.2, -0.15) is 0 Å². The molecule has 1 heterocycles. The van der Waals surface area contributed by atoms with Crippen LogP contribution in [0.3, 0.4) is 0 Å². The zero-order valence-electron chi connectivity index (χ0n) is 10.7. The topological polar surface area (TPSA) is 50.9 Å². The summed E-state index contributed by atoms with van der Waals surface area (Å²) >= 11 is 0. The molecule has 3 nitrogen and oxygen atoms in total. The minimum Gasteiger partial charge on any atom is -0.383 e. The van der Waals surface area contributed by atoms with Gasteiger partial charge < -0.3 is 11.1 Å². The molecule has 0 amide bonds. The van der Waals surface area contributed by atoms with Gasteiger partial charge in [-0.15, -0.1) is 0 Å². The van der Waals surface area contributed by atoms with Crippen LogP contribution in [-0.4, -0.2) is 18.1 Å². The van der Waals surface area contributed by atoms with Crippen LogP contribution in [0, 0.1) is 5.41 Å². The van der Waals surface area contributed by atoms with Crippen LogP contribution >= 0.6 is 0 Å². The summed E-state index contributed by atoms with van der Waals surface area (Å²) in [7, 11) is 2.00. The molecule has 1 unspecified atom stereocenters. The summed E-state index contributed by atoms with van der Waals surface area (Å²) in [6.07, 6.45) is 3.83. The third kappa shape index (κ3) is 3.81. The van der Waals surface area contributed by atoms with E-state index < -0.39 is 0 Å². The minimum absolute atomic E-state index is 0.236. The molecule has 90 valence electrons. The largest absolute Gasteiger partial charge is 0.383 e. The van der Waals surface area contributed by atoms with Crippen LogP contribution in [0.2, 0.25) is 0 Å². The van der Waals surface area contributed by atoms with E-state index in [1.54, 1.807) is 6.20 Å². The molecule has 0 radical (unpaired) electrons. The van der Waals surface area contributed by atoms with E-state index in [0.717, 1.165) is 18.4 Å². The first kappa shape index (κ1) is 13.0. The number of hydrogen-bond donors (Lipinski definition) is 2. The third-order valence-corrected chi connectivity index (χ3v) is 2.95. The van der Waals surface area contributed by atoms with Crippen LogP contribution in [0.5, 0.6) is 0 Å². The second kappa shape index (κ2) is 5.30. The number of nitrogens with zero attached hydrogens (tertiary/aromatic N) is 1. The highest BCUT2D eigenvalue weighted by Gasteiger charge is 2.22. The molecule has 3 heteroatoms. The van der Waals surface area contributed by atoms with Crippen molar-refractivity contribution in [2.24, 2.45) is 5.41 Å². The number of aromatic nitrogens is 1. The van der Waals surface area contributed by atoms with Gasteiger partial charge in [0, 0.05) is 12.2 Å². The lowest BCUT2D eigenvalue weighted by Crippen LogP contribution is -2.29. The maximum absolute atomic E-state index is 5.86. The first-order valence-corrected chi connectivity index (χ1v) is 5.81. The third-order valence-electron chi connectivity index (χ3n) is 2.95. The molecular weight excluding hydrogens is 198 g/mol. The first-order valence-electron chi connectivity index (χ1n) is 5.81. The number of nitrogens with two attached hydrogens (primary N) is 1. The monoisotopic (exact) mass is 221 g/mol. The number of rotatable bonds is 5. The van der Waals surface area contributed by atoms with Crippen LogP contribution < -0.4 is 11.1 Å². The Balaban J connectivity index is 2.69. The van der Waals surface area contributed by atoms with Crippen molar-refractivity contribution in [3.05, 3.63) is 23.9 Å². The van der Waals surface area contributed by atoms with Crippen LogP contribution in [0.4, 0.5) is 5.82 Å². The highest BCUT2D eigenvalue weighted by Crippen LogP contribution is 2.28. The van der Waals surface area contributed by atoms with Crippen molar-refractivity contribution in [2.45, 2.75) is 39.7 Å². The van der Waals surface area contributed by atoms with Crippen LogP contribution in [-0.2, 0) is 6.42 Å². The summed E-state index contributed by atoms with van der Waals surface area (Å²) in [5.41, 5.74) is 7.25. The normalized spacial score (nSPS) is 13.8. The lowest BCUT2D eigenvalue weighted by molar-refractivity contribution is 0.293. The fraction of sp³-hybridized carbons (Fsp3) is 0.615. The van der Waals surface area contributed by atoms with Crippen molar-refractivity contribution in [1.29, 1.82) is 0 Å². The summed E-state index contributed by atoms with van der Waals surface area (Å²) in [6, 6.07) is 4.53.